The molecule has 31 heavy (non-hydrogen) atoms. The zero-order chi connectivity index (χ0) is 23.2. The molecule has 2 rings (SSSR count). The minimum absolute atomic E-state index is 0.0740. The Kier molecular flexibility index (Phi) is 7.31. The van der Waals surface area contributed by atoms with Crippen LogP contribution in [0.25, 0.3) is 6.08 Å². The van der Waals surface area contributed by atoms with Crippen molar-refractivity contribution < 1.29 is 24.7 Å². The van der Waals surface area contributed by atoms with Gasteiger partial charge in [-0.1, -0.05) is 0 Å². The molecule has 0 aliphatic carbocycles. The number of nitro groups is 1. The number of aliphatic imine (C=N–C) groups is 1. The van der Waals surface area contributed by atoms with Crippen molar-refractivity contribution in [2.75, 3.05) is 19.6 Å². The number of hydrogen-bond donors (Lipinski definition) is 3. The number of nitrogens with one attached hydrogen (secondary N) is 1. The van der Waals surface area contributed by atoms with Crippen LogP contribution in [0.15, 0.2) is 22.7 Å². The lowest BCUT2D eigenvalue weighted by Crippen LogP contribution is -2.36. The SMILES string of the molecule is CCN(CC=N[C@]1(C)CCNC1=O)C(=O)/C(C#N)=C/c1cc(O)c(O)c(C[N+](=O)[O-])c1. The normalized spacial score (nSPS) is 18.6. The average Bonchev–Trinajstić information content (AvgIpc) is 3.04. The molecule has 1 aromatic rings. The number of nitriles is 1. The maximum Gasteiger partial charge on any atom is 0.264 e. The summed E-state index contributed by atoms with van der Waals surface area (Å²) in [5.41, 5.74) is -1.15. The van der Waals surface area contributed by atoms with Crippen LogP contribution in [0, 0.1) is 21.4 Å². The highest BCUT2D eigenvalue weighted by Gasteiger charge is 2.36. The summed E-state index contributed by atoms with van der Waals surface area (Å²) < 4.78 is 0. The van der Waals surface area contributed by atoms with Crippen LogP contribution in [0.3, 0.4) is 0 Å². The minimum atomic E-state index is -0.882. The zero-order valence-corrected chi connectivity index (χ0v) is 17.2. The van der Waals surface area contributed by atoms with Crippen LogP contribution in [-0.4, -0.2) is 63.2 Å². The van der Waals surface area contributed by atoms with Gasteiger partial charge in [-0.25, -0.2) is 0 Å². The molecule has 0 aromatic heterocycles. The third-order valence-corrected chi connectivity index (χ3v) is 4.89. The van der Waals surface area contributed by atoms with Gasteiger partial charge in [0, 0.05) is 24.2 Å². The topological polar surface area (TPSA) is 169 Å². The molecule has 0 spiro atoms. The lowest BCUT2D eigenvalue weighted by atomic mass is 10.0. The number of nitrogens with zero attached hydrogens (tertiary/aromatic N) is 4. The summed E-state index contributed by atoms with van der Waals surface area (Å²) in [5, 5.41) is 42.5. The summed E-state index contributed by atoms with van der Waals surface area (Å²) in [4.78, 5) is 40.3. The van der Waals surface area contributed by atoms with Gasteiger partial charge in [-0.3, -0.25) is 24.7 Å². The second-order valence-electron chi connectivity index (χ2n) is 7.14. The fourth-order valence-electron chi connectivity index (χ4n) is 3.07. The number of likely N-dealkylation sites (N-methyl/N-ethyl adjacent to an activating group) is 1. The number of amides is 2. The Balaban J connectivity index is 2.24. The predicted octanol–water partition coefficient (Wildman–Crippen LogP) is 0.979. The summed E-state index contributed by atoms with van der Waals surface area (Å²) in [5.74, 6) is -2.03. The summed E-state index contributed by atoms with van der Waals surface area (Å²) in [6.45, 7) is 3.55. The van der Waals surface area contributed by atoms with Crippen LogP contribution >= 0.6 is 0 Å². The van der Waals surface area contributed by atoms with Crippen LogP contribution in [-0.2, 0) is 16.1 Å². The minimum Gasteiger partial charge on any atom is -0.504 e. The van der Waals surface area contributed by atoms with Gasteiger partial charge in [-0.15, -0.1) is 0 Å². The highest BCUT2D eigenvalue weighted by molar-refractivity contribution is 6.02. The van der Waals surface area contributed by atoms with Crippen LogP contribution in [0.2, 0.25) is 0 Å². The number of phenols is 2. The molecule has 1 aliphatic rings. The van der Waals surface area contributed by atoms with Crippen LogP contribution in [0.1, 0.15) is 31.4 Å². The Morgan fingerprint density at radius 3 is 2.74 bits per heavy atom. The summed E-state index contributed by atoms with van der Waals surface area (Å²) in [6.07, 6.45) is 3.18. The van der Waals surface area contributed by atoms with Gasteiger partial charge in [0.25, 0.3) is 5.91 Å². The second-order valence-corrected chi connectivity index (χ2v) is 7.14. The number of benzene rings is 1. The highest BCUT2D eigenvalue weighted by atomic mass is 16.6. The van der Waals surface area contributed by atoms with Gasteiger partial charge in [-0.05, 0) is 44.0 Å². The molecule has 0 radical (unpaired) electrons. The Bertz CT molecular complexity index is 997. The van der Waals surface area contributed by atoms with Gasteiger partial charge in [-0.2, -0.15) is 5.26 Å². The van der Waals surface area contributed by atoms with E-state index >= 15 is 0 Å². The van der Waals surface area contributed by atoms with E-state index < -0.39 is 34.4 Å². The lowest BCUT2D eigenvalue weighted by molar-refractivity contribution is -0.496. The first kappa shape index (κ1) is 23.3. The number of carbonyl (C=O) groups excluding carboxylic acids is 2. The number of aromatic hydroxyl groups is 2. The van der Waals surface area contributed by atoms with Crippen molar-refractivity contribution in [2.24, 2.45) is 4.99 Å². The van der Waals surface area contributed by atoms with Crippen molar-refractivity contribution in [3.63, 3.8) is 0 Å². The molecular weight excluding hydrogens is 406 g/mol. The van der Waals surface area contributed by atoms with E-state index in [0.717, 1.165) is 6.07 Å². The monoisotopic (exact) mass is 429 g/mol. The standard InChI is InChI=1S/C20H23N5O6/c1-3-24(7-6-23-20(2)4-5-22-19(20)29)18(28)14(11-21)8-13-9-15(12-25(30)31)17(27)16(26)10-13/h6,8-10,26-27H,3-5,7,12H2,1-2H3,(H,22,29)/b14-8+,23-6?/t20-/m1/s1. The molecule has 1 fully saturated rings. The first-order valence-electron chi connectivity index (χ1n) is 9.51. The van der Waals surface area contributed by atoms with E-state index in [-0.39, 0.29) is 35.7 Å². The van der Waals surface area contributed by atoms with Gasteiger partial charge in [0.15, 0.2) is 11.5 Å². The fraction of sp³-hybridized carbons (Fsp3) is 0.400. The highest BCUT2D eigenvalue weighted by Crippen LogP contribution is 2.31. The third kappa shape index (κ3) is 5.57. The summed E-state index contributed by atoms with van der Waals surface area (Å²) in [7, 11) is 0. The molecular formula is C20H23N5O6. The van der Waals surface area contributed by atoms with E-state index in [4.69, 9.17) is 0 Å². The molecule has 1 aromatic carbocycles. The Morgan fingerprint density at radius 2 is 2.19 bits per heavy atom. The van der Waals surface area contributed by atoms with E-state index in [1.807, 2.05) is 0 Å². The Hall–Kier alpha value is -3.94. The van der Waals surface area contributed by atoms with Crippen molar-refractivity contribution in [2.45, 2.75) is 32.4 Å². The largest absolute Gasteiger partial charge is 0.504 e. The molecule has 0 saturated carbocycles. The molecule has 3 N–H and O–H groups in total. The van der Waals surface area contributed by atoms with Gasteiger partial charge in [0.2, 0.25) is 12.5 Å². The predicted molar refractivity (Wildman–Crippen MR) is 111 cm³/mol. The average molecular weight is 429 g/mol. The smallest absolute Gasteiger partial charge is 0.264 e. The van der Waals surface area contributed by atoms with Crippen molar-refractivity contribution in [1.29, 1.82) is 5.26 Å². The number of carbonyl (C=O) groups is 2. The summed E-state index contributed by atoms with van der Waals surface area (Å²) >= 11 is 0. The Morgan fingerprint density at radius 1 is 1.48 bits per heavy atom. The van der Waals surface area contributed by atoms with Gasteiger partial charge < -0.3 is 20.4 Å². The van der Waals surface area contributed by atoms with E-state index in [1.165, 1.54) is 23.3 Å². The fourth-order valence-corrected chi connectivity index (χ4v) is 3.07. The van der Waals surface area contributed by atoms with Crippen molar-refractivity contribution in [3.8, 4) is 17.6 Å². The van der Waals surface area contributed by atoms with Crippen LogP contribution < -0.4 is 5.32 Å². The number of rotatable bonds is 8. The molecule has 1 atom stereocenters. The second kappa shape index (κ2) is 9.71. The summed E-state index contributed by atoms with van der Waals surface area (Å²) in [6, 6.07) is 4.11. The molecule has 1 heterocycles. The van der Waals surface area contributed by atoms with Crippen molar-refractivity contribution in [1.82, 2.24) is 10.2 Å². The van der Waals surface area contributed by atoms with Gasteiger partial charge >= 0.3 is 0 Å². The number of hydrogen-bond acceptors (Lipinski definition) is 8. The molecule has 11 nitrogen and oxygen atoms in total. The lowest BCUT2D eigenvalue weighted by Gasteiger charge is -2.20. The van der Waals surface area contributed by atoms with E-state index in [0.29, 0.717) is 13.0 Å². The molecule has 0 unspecified atom stereocenters. The zero-order valence-electron chi connectivity index (χ0n) is 17.2. The van der Waals surface area contributed by atoms with Crippen molar-refractivity contribution >= 4 is 24.1 Å². The third-order valence-electron chi connectivity index (χ3n) is 4.89. The molecule has 0 bridgehead atoms. The van der Waals surface area contributed by atoms with Gasteiger partial charge in [0.05, 0.1) is 12.1 Å². The van der Waals surface area contributed by atoms with E-state index in [1.54, 1.807) is 19.9 Å². The molecule has 11 heteroatoms. The van der Waals surface area contributed by atoms with Gasteiger partial charge in [0.1, 0.15) is 17.2 Å². The van der Waals surface area contributed by atoms with E-state index in [9.17, 15) is 35.2 Å². The van der Waals surface area contributed by atoms with Crippen LogP contribution in [0.5, 0.6) is 11.5 Å². The molecule has 164 valence electrons. The van der Waals surface area contributed by atoms with Crippen LogP contribution in [0.4, 0.5) is 0 Å². The molecule has 1 aliphatic heterocycles. The first-order chi connectivity index (χ1) is 14.6. The Labute approximate surface area is 178 Å². The molecule has 1 saturated heterocycles. The number of phenolic OH excluding ortho intramolecular Hbond substituents is 2. The first-order valence-corrected chi connectivity index (χ1v) is 9.51. The van der Waals surface area contributed by atoms with E-state index in [2.05, 4.69) is 10.3 Å². The molecule has 2 amide bonds. The quantitative estimate of drug-likeness (QED) is 0.138. The maximum atomic E-state index is 12.8. The maximum absolute atomic E-state index is 12.8. The van der Waals surface area contributed by atoms with Crippen molar-refractivity contribution in [3.05, 3.63) is 38.9 Å².